The number of para-hydroxylation sites is 1. The Hall–Kier alpha value is -2.09. The number of hydrogen-bond acceptors (Lipinski definition) is 1. The van der Waals surface area contributed by atoms with Crippen LogP contribution in [0.3, 0.4) is 0 Å². The Morgan fingerprint density at radius 2 is 1.68 bits per heavy atom. The Morgan fingerprint density at radius 1 is 0.947 bits per heavy atom. The molecular weight excluding hydrogens is 234 g/mol. The molecule has 0 spiro atoms. The maximum Gasteiger partial charge on any atom is 0.258 e. The van der Waals surface area contributed by atoms with Crippen molar-refractivity contribution in [3.05, 3.63) is 58.4 Å². The minimum absolute atomic E-state index is 0.0798. The van der Waals surface area contributed by atoms with E-state index < -0.39 is 0 Å². The van der Waals surface area contributed by atoms with Crippen molar-refractivity contribution in [2.24, 2.45) is 7.05 Å². The summed E-state index contributed by atoms with van der Waals surface area (Å²) in [6.07, 6.45) is 0. The second-order valence-electron chi connectivity index (χ2n) is 5.34. The van der Waals surface area contributed by atoms with Crippen LogP contribution in [0.1, 0.15) is 25.3 Å². The van der Waals surface area contributed by atoms with Crippen LogP contribution in [0.15, 0.2) is 47.3 Å². The summed E-state index contributed by atoms with van der Waals surface area (Å²) < 4.78 is 1.74. The highest BCUT2D eigenvalue weighted by Crippen LogP contribution is 2.25. The van der Waals surface area contributed by atoms with Crippen LogP contribution in [0.4, 0.5) is 0 Å². The van der Waals surface area contributed by atoms with Gasteiger partial charge in [-0.05, 0) is 29.0 Å². The fourth-order valence-electron chi connectivity index (χ4n) is 2.62. The SMILES string of the molecule is CC(C)c1ccc2c(c1)c(=O)n(C)c1ccccc21. The van der Waals surface area contributed by atoms with Crippen LogP contribution in [-0.2, 0) is 7.05 Å². The third-order valence-corrected chi connectivity index (χ3v) is 3.80. The fraction of sp³-hybridized carbons (Fsp3) is 0.235. The van der Waals surface area contributed by atoms with Crippen molar-refractivity contribution in [2.45, 2.75) is 19.8 Å². The van der Waals surface area contributed by atoms with Gasteiger partial charge in [-0.2, -0.15) is 0 Å². The van der Waals surface area contributed by atoms with Gasteiger partial charge in [0.2, 0.25) is 0 Å². The maximum atomic E-state index is 12.5. The number of aromatic nitrogens is 1. The van der Waals surface area contributed by atoms with E-state index in [2.05, 4.69) is 32.0 Å². The summed E-state index contributed by atoms with van der Waals surface area (Å²) in [6, 6.07) is 14.3. The van der Waals surface area contributed by atoms with Gasteiger partial charge < -0.3 is 4.57 Å². The molecule has 0 radical (unpaired) electrons. The molecule has 0 bridgehead atoms. The van der Waals surface area contributed by atoms with Gasteiger partial charge in [0, 0.05) is 17.8 Å². The molecule has 2 nitrogen and oxygen atoms in total. The van der Waals surface area contributed by atoms with Gasteiger partial charge in [-0.15, -0.1) is 0 Å². The van der Waals surface area contributed by atoms with Gasteiger partial charge >= 0.3 is 0 Å². The third kappa shape index (κ3) is 1.75. The summed E-state index contributed by atoms with van der Waals surface area (Å²) in [5.74, 6) is 0.431. The summed E-state index contributed by atoms with van der Waals surface area (Å²) in [5.41, 5.74) is 2.27. The van der Waals surface area contributed by atoms with Gasteiger partial charge in [-0.3, -0.25) is 4.79 Å². The van der Waals surface area contributed by atoms with Crippen LogP contribution in [0, 0.1) is 0 Å². The smallest absolute Gasteiger partial charge is 0.258 e. The molecule has 0 atom stereocenters. The molecule has 3 rings (SSSR count). The molecule has 0 N–H and O–H groups in total. The molecule has 3 aromatic rings. The van der Waals surface area contributed by atoms with Crippen LogP contribution in [0.2, 0.25) is 0 Å². The van der Waals surface area contributed by atoms with Gasteiger partial charge in [0.05, 0.1) is 5.52 Å². The summed E-state index contributed by atoms with van der Waals surface area (Å²) in [6.45, 7) is 4.29. The first-order chi connectivity index (χ1) is 9.09. The second kappa shape index (κ2) is 4.23. The van der Waals surface area contributed by atoms with Gasteiger partial charge in [-0.25, -0.2) is 0 Å². The van der Waals surface area contributed by atoms with Crippen molar-refractivity contribution < 1.29 is 0 Å². The summed E-state index contributed by atoms with van der Waals surface area (Å²) in [7, 11) is 1.84. The van der Waals surface area contributed by atoms with E-state index in [1.54, 1.807) is 4.57 Å². The lowest BCUT2D eigenvalue weighted by molar-refractivity contribution is 0.867. The summed E-state index contributed by atoms with van der Waals surface area (Å²) in [5, 5.41) is 2.99. The van der Waals surface area contributed by atoms with E-state index in [0.717, 1.165) is 21.7 Å². The monoisotopic (exact) mass is 251 g/mol. The number of nitrogens with zero attached hydrogens (tertiary/aromatic N) is 1. The maximum absolute atomic E-state index is 12.5. The Kier molecular flexibility index (Phi) is 2.67. The molecule has 19 heavy (non-hydrogen) atoms. The van der Waals surface area contributed by atoms with Crippen molar-refractivity contribution >= 4 is 21.7 Å². The second-order valence-corrected chi connectivity index (χ2v) is 5.34. The van der Waals surface area contributed by atoms with Crippen LogP contribution >= 0.6 is 0 Å². The topological polar surface area (TPSA) is 22.0 Å². The zero-order valence-corrected chi connectivity index (χ0v) is 11.5. The van der Waals surface area contributed by atoms with E-state index in [1.807, 2.05) is 31.3 Å². The average molecular weight is 251 g/mol. The van der Waals surface area contributed by atoms with E-state index >= 15 is 0 Å². The van der Waals surface area contributed by atoms with Crippen LogP contribution in [0.5, 0.6) is 0 Å². The van der Waals surface area contributed by atoms with Crippen molar-refractivity contribution in [2.75, 3.05) is 0 Å². The first kappa shape index (κ1) is 12.0. The van der Waals surface area contributed by atoms with Gasteiger partial charge in [0.1, 0.15) is 0 Å². The Morgan fingerprint density at radius 3 is 2.42 bits per heavy atom. The number of aryl methyl sites for hydroxylation is 1. The lowest BCUT2D eigenvalue weighted by atomic mass is 9.98. The molecule has 96 valence electrons. The van der Waals surface area contributed by atoms with E-state index in [9.17, 15) is 4.79 Å². The first-order valence-corrected chi connectivity index (χ1v) is 6.61. The van der Waals surface area contributed by atoms with Crippen LogP contribution in [0.25, 0.3) is 21.7 Å². The molecule has 2 heteroatoms. The zero-order chi connectivity index (χ0) is 13.6. The van der Waals surface area contributed by atoms with Crippen LogP contribution in [-0.4, -0.2) is 4.57 Å². The van der Waals surface area contributed by atoms with Crippen molar-refractivity contribution in [1.82, 2.24) is 4.57 Å². The molecule has 0 amide bonds. The average Bonchev–Trinajstić information content (AvgIpc) is 2.44. The number of rotatable bonds is 1. The molecule has 0 aliphatic rings. The van der Waals surface area contributed by atoms with E-state index in [0.29, 0.717) is 5.92 Å². The molecule has 1 heterocycles. The van der Waals surface area contributed by atoms with E-state index in [4.69, 9.17) is 0 Å². The lowest BCUT2D eigenvalue weighted by Gasteiger charge is -2.11. The molecule has 0 aliphatic heterocycles. The highest BCUT2D eigenvalue weighted by Gasteiger charge is 2.09. The number of fused-ring (bicyclic) bond motifs is 3. The van der Waals surface area contributed by atoms with Crippen molar-refractivity contribution in [3.63, 3.8) is 0 Å². The standard InChI is InChI=1S/C17H17NO/c1-11(2)12-8-9-13-14-6-4-5-7-16(14)18(3)17(19)15(13)10-12/h4-11H,1-3H3. The molecule has 0 saturated carbocycles. The highest BCUT2D eigenvalue weighted by atomic mass is 16.1. The summed E-state index contributed by atoms with van der Waals surface area (Å²) in [4.78, 5) is 12.5. The number of pyridine rings is 1. The molecule has 0 aliphatic carbocycles. The molecule has 0 saturated heterocycles. The predicted molar refractivity (Wildman–Crippen MR) is 80.8 cm³/mol. The van der Waals surface area contributed by atoms with Gasteiger partial charge in [0.25, 0.3) is 5.56 Å². The third-order valence-electron chi connectivity index (χ3n) is 3.80. The predicted octanol–water partition coefficient (Wildman–Crippen LogP) is 3.82. The molecule has 0 unspecified atom stereocenters. The highest BCUT2D eigenvalue weighted by molar-refractivity contribution is 6.05. The molecule has 2 aromatic carbocycles. The summed E-state index contributed by atoms with van der Waals surface area (Å²) >= 11 is 0. The first-order valence-electron chi connectivity index (χ1n) is 6.61. The lowest BCUT2D eigenvalue weighted by Crippen LogP contribution is -2.17. The van der Waals surface area contributed by atoms with Crippen LogP contribution < -0.4 is 5.56 Å². The molecule has 0 fully saturated rings. The van der Waals surface area contributed by atoms with Gasteiger partial charge in [-0.1, -0.05) is 44.2 Å². The molecule has 1 aromatic heterocycles. The largest absolute Gasteiger partial charge is 0.311 e. The minimum atomic E-state index is 0.0798. The van der Waals surface area contributed by atoms with Gasteiger partial charge in [0.15, 0.2) is 0 Å². The quantitative estimate of drug-likeness (QED) is 0.603. The van der Waals surface area contributed by atoms with Crippen molar-refractivity contribution in [3.8, 4) is 0 Å². The number of hydrogen-bond donors (Lipinski definition) is 0. The van der Waals surface area contributed by atoms with Crippen molar-refractivity contribution in [1.29, 1.82) is 0 Å². The normalized spacial score (nSPS) is 11.6. The Balaban J connectivity index is 2.54. The molecular formula is C17H17NO. The Bertz CT molecular complexity index is 828. The number of benzene rings is 2. The zero-order valence-electron chi connectivity index (χ0n) is 11.5. The van der Waals surface area contributed by atoms with E-state index in [1.165, 1.54) is 5.56 Å². The Labute approximate surface area is 112 Å². The fourth-order valence-corrected chi connectivity index (χ4v) is 2.62. The minimum Gasteiger partial charge on any atom is -0.311 e. The van der Waals surface area contributed by atoms with E-state index in [-0.39, 0.29) is 5.56 Å².